The number of rotatable bonds is 31. The van der Waals surface area contributed by atoms with Crippen molar-refractivity contribution < 1.29 is 24.2 Å². The van der Waals surface area contributed by atoms with Crippen LogP contribution in [0.25, 0.3) is 0 Å². The van der Waals surface area contributed by atoms with Gasteiger partial charge in [0.05, 0.1) is 6.61 Å². The van der Waals surface area contributed by atoms with E-state index in [1.54, 1.807) is 0 Å². The molecular formula is C39H66O5. The first-order valence-corrected chi connectivity index (χ1v) is 17.8. The van der Waals surface area contributed by atoms with Crippen LogP contribution in [0, 0.1) is 0 Å². The number of aliphatic hydroxyl groups excluding tert-OH is 1. The molecule has 0 radical (unpaired) electrons. The highest BCUT2D eigenvalue weighted by Crippen LogP contribution is 2.11. The molecular weight excluding hydrogens is 548 g/mol. The predicted octanol–water partition coefficient (Wildman–Crippen LogP) is 10.8. The quantitative estimate of drug-likeness (QED) is 0.0478. The molecule has 0 saturated heterocycles. The molecule has 1 atom stereocenters. The third kappa shape index (κ3) is 32.5. The van der Waals surface area contributed by atoms with E-state index in [9.17, 15) is 14.7 Å². The summed E-state index contributed by atoms with van der Waals surface area (Å²) in [6.07, 6.45) is 44.1. The van der Waals surface area contributed by atoms with Crippen LogP contribution in [0.1, 0.15) is 155 Å². The fourth-order valence-electron chi connectivity index (χ4n) is 4.60. The lowest BCUT2D eigenvalue weighted by atomic mass is 10.1. The minimum atomic E-state index is -0.787. The van der Waals surface area contributed by atoms with Crippen LogP contribution in [0.15, 0.2) is 60.8 Å². The van der Waals surface area contributed by atoms with Gasteiger partial charge in [0.1, 0.15) is 6.61 Å². The number of hydrogen-bond acceptors (Lipinski definition) is 5. The lowest BCUT2D eigenvalue weighted by molar-refractivity contribution is -0.161. The zero-order chi connectivity index (χ0) is 32.2. The summed E-state index contributed by atoms with van der Waals surface area (Å²) in [5.41, 5.74) is 0. The lowest BCUT2D eigenvalue weighted by Crippen LogP contribution is -2.28. The molecule has 0 spiro atoms. The number of aliphatic hydroxyl groups is 1. The number of hydrogen-bond donors (Lipinski definition) is 1. The highest BCUT2D eigenvalue weighted by molar-refractivity contribution is 5.70. The molecule has 0 fully saturated rings. The zero-order valence-corrected chi connectivity index (χ0v) is 28.4. The molecule has 0 amide bonds. The summed E-state index contributed by atoms with van der Waals surface area (Å²) in [5, 5.41) is 9.52. The van der Waals surface area contributed by atoms with Gasteiger partial charge in [-0.05, 0) is 77.0 Å². The van der Waals surface area contributed by atoms with Crippen LogP contribution in [0.2, 0.25) is 0 Å². The van der Waals surface area contributed by atoms with Crippen molar-refractivity contribution >= 4 is 11.9 Å². The maximum atomic E-state index is 12.1. The first-order chi connectivity index (χ1) is 21.6. The third-order valence-corrected chi connectivity index (χ3v) is 7.30. The standard InChI is InChI=1S/C39H66O5/c1-3-5-7-9-11-13-15-17-19-21-23-25-27-29-31-33-38(41)43-36-37(35-40)44-39(42)34-32-30-28-26-24-22-20-18-16-14-12-10-8-6-4-2/h6,8,11-14,17-20,37,40H,3-5,7,9-10,15-16,21-36H2,1-2H3/b8-6+,13-11+,14-12+,19-17+,20-18+/t37-/m0/s1. The summed E-state index contributed by atoms with van der Waals surface area (Å²) in [6, 6.07) is 0. The molecule has 0 aromatic carbocycles. The van der Waals surface area contributed by atoms with E-state index in [1.807, 2.05) is 0 Å². The number of esters is 2. The maximum Gasteiger partial charge on any atom is 0.306 e. The average molecular weight is 615 g/mol. The molecule has 0 aliphatic heterocycles. The van der Waals surface area contributed by atoms with Gasteiger partial charge in [0, 0.05) is 12.8 Å². The topological polar surface area (TPSA) is 72.8 Å². The summed E-state index contributed by atoms with van der Waals surface area (Å²) in [4.78, 5) is 24.2. The predicted molar refractivity (Wildman–Crippen MR) is 187 cm³/mol. The van der Waals surface area contributed by atoms with Gasteiger partial charge in [-0.1, -0.05) is 126 Å². The van der Waals surface area contributed by atoms with Crippen LogP contribution in [0.3, 0.4) is 0 Å². The molecule has 0 unspecified atom stereocenters. The molecule has 5 heteroatoms. The van der Waals surface area contributed by atoms with E-state index in [-0.39, 0.29) is 25.2 Å². The van der Waals surface area contributed by atoms with Gasteiger partial charge in [0.15, 0.2) is 6.10 Å². The number of allylic oxidation sites excluding steroid dienone is 10. The lowest BCUT2D eigenvalue weighted by Gasteiger charge is -2.15. The summed E-state index contributed by atoms with van der Waals surface area (Å²) < 4.78 is 10.6. The van der Waals surface area contributed by atoms with Gasteiger partial charge >= 0.3 is 11.9 Å². The normalized spacial score (nSPS) is 12.9. The van der Waals surface area contributed by atoms with Gasteiger partial charge in [-0.15, -0.1) is 0 Å². The van der Waals surface area contributed by atoms with Crippen molar-refractivity contribution in [3.8, 4) is 0 Å². The van der Waals surface area contributed by atoms with Gasteiger partial charge < -0.3 is 14.6 Å². The second kappa shape index (κ2) is 35.1. The van der Waals surface area contributed by atoms with Crippen LogP contribution in [0.4, 0.5) is 0 Å². The molecule has 0 aliphatic rings. The Morgan fingerprint density at radius 1 is 0.545 bits per heavy atom. The number of ether oxygens (including phenoxy) is 2. The Balaban J connectivity index is 3.65. The van der Waals surface area contributed by atoms with Gasteiger partial charge in [0.25, 0.3) is 0 Å². The Morgan fingerprint density at radius 2 is 0.977 bits per heavy atom. The van der Waals surface area contributed by atoms with Crippen molar-refractivity contribution in [3.05, 3.63) is 60.8 Å². The van der Waals surface area contributed by atoms with Crippen LogP contribution in [0.5, 0.6) is 0 Å². The van der Waals surface area contributed by atoms with E-state index in [0.717, 1.165) is 89.9 Å². The minimum absolute atomic E-state index is 0.0828. The second-order valence-electron chi connectivity index (χ2n) is 11.6. The van der Waals surface area contributed by atoms with Crippen molar-refractivity contribution in [3.63, 3.8) is 0 Å². The van der Waals surface area contributed by atoms with Crippen molar-refractivity contribution in [2.24, 2.45) is 0 Å². The second-order valence-corrected chi connectivity index (χ2v) is 11.6. The van der Waals surface area contributed by atoms with E-state index >= 15 is 0 Å². The molecule has 0 aromatic rings. The number of carbonyl (C=O) groups is 2. The Kier molecular flexibility index (Phi) is 33.2. The first kappa shape index (κ1) is 41.6. The SMILES string of the molecule is CC/C=C/C/C=C/C/C=C/CCCCCCCC(=O)O[C@@H](CO)COC(=O)CCCCCCC/C=C/C/C=C/CCCCC. The molecule has 0 bridgehead atoms. The molecule has 0 aromatic heterocycles. The Labute approximate surface area is 271 Å². The maximum absolute atomic E-state index is 12.1. The Hall–Kier alpha value is -2.40. The van der Waals surface area contributed by atoms with E-state index in [4.69, 9.17) is 9.47 Å². The Morgan fingerprint density at radius 3 is 1.48 bits per heavy atom. The molecule has 0 aliphatic carbocycles. The molecule has 0 heterocycles. The summed E-state index contributed by atoms with van der Waals surface area (Å²) in [6.45, 7) is 3.95. The van der Waals surface area contributed by atoms with Gasteiger partial charge in [0.2, 0.25) is 0 Å². The fraction of sp³-hybridized carbons (Fsp3) is 0.692. The van der Waals surface area contributed by atoms with Gasteiger partial charge in [-0.25, -0.2) is 0 Å². The van der Waals surface area contributed by atoms with Crippen LogP contribution < -0.4 is 0 Å². The van der Waals surface area contributed by atoms with E-state index < -0.39 is 6.10 Å². The fourth-order valence-corrected chi connectivity index (χ4v) is 4.60. The summed E-state index contributed by atoms with van der Waals surface area (Å²) >= 11 is 0. The monoisotopic (exact) mass is 614 g/mol. The molecule has 0 rings (SSSR count). The highest BCUT2D eigenvalue weighted by Gasteiger charge is 2.16. The zero-order valence-electron chi connectivity index (χ0n) is 28.4. The summed E-state index contributed by atoms with van der Waals surface area (Å²) in [7, 11) is 0. The smallest absolute Gasteiger partial charge is 0.306 e. The number of carbonyl (C=O) groups excluding carboxylic acids is 2. The van der Waals surface area contributed by atoms with Crippen LogP contribution in [-0.2, 0) is 19.1 Å². The van der Waals surface area contributed by atoms with Crippen molar-refractivity contribution in [1.29, 1.82) is 0 Å². The average Bonchev–Trinajstić information content (AvgIpc) is 3.02. The van der Waals surface area contributed by atoms with Crippen LogP contribution in [-0.4, -0.2) is 36.4 Å². The molecule has 0 saturated carbocycles. The van der Waals surface area contributed by atoms with Crippen LogP contribution >= 0.6 is 0 Å². The summed E-state index contributed by atoms with van der Waals surface area (Å²) in [5.74, 6) is -0.633. The minimum Gasteiger partial charge on any atom is -0.462 e. The van der Waals surface area contributed by atoms with Crippen molar-refractivity contribution in [2.75, 3.05) is 13.2 Å². The van der Waals surface area contributed by atoms with E-state index in [2.05, 4.69) is 74.6 Å². The first-order valence-electron chi connectivity index (χ1n) is 17.8. The van der Waals surface area contributed by atoms with E-state index in [1.165, 1.54) is 38.5 Å². The molecule has 5 nitrogen and oxygen atoms in total. The largest absolute Gasteiger partial charge is 0.462 e. The number of unbranched alkanes of at least 4 members (excludes halogenated alkanes) is 13. The highest BCUT2D eigenvalue weighted by atomic mass is 16.6. The third-order valence-electron chi connectivity index (χ3n) is 7.30. The van der Waals surface area contributed by atoms with Crippen molar-refractivity contribution in [2.45, 2.75) is 161 Å². The molecule has 252 valence electrons. The van der Waals surface area contributed by atoms with Gasteiger partial charge in [-0.2, -0.15) is 0 Å². The Bertz CT molecular complexity index is 792. The van der Waals surface area contributed by atoms with Crippen molar-refractivity contribution in [1.82, 2.24) is 0 Å². The van der Waals surface area contributed by atoms with Gasteiger partial charge in [-0.3, -0.25) is 9.59 Å². The molecule has 1 N–H and O–H groups in total. The molecule has 44 heavy (non-hydrogen) atoms. The van der Waals surface area contributed by atoms with E-state index in [0.29, 0.717) is 12.8 Å².